The van der Waals surface area contributed by atoms with E-state index in [-0.39, 0.29) is 0 Å². The van der Waals surface area contributed by atoms with Crippen LogP contribution in [0.15, 0.2) is 12.3 Å². The highest BCUT2D eigenvalue weighted by molar-refractivity contribution is 5.52. The zero-order chi connectivity index (χ0) is 7.68. The third-order valence-corrected chi connectivity index (χ3v) is 1.64. The van der Waals surface area contributed by atoms with Gasteiger partial charge in [-0.2, -0.15) is 0 Å². The van der Waals surface area contributed by atoms with Gasteiger partial charge in [-0.3, -0.25) is 0 Å². The number of nitrogens with zero attached hydrogens (tertiary/aromatic N) is 1. The second kappa shape index (κ2) is 2.42. The van der Waals surface area contributed by atoms with Crippen LogP contribution in [0.25, 0.3) is 0 Å². The summed E-state index contributed by atoms with van der Waals surface area (Å²) in [5.41, 5.74) is 1.13. The van der Waals surface area contributed by atoms with Gasteiger partial charge in [0, 0.05) is 6.20 Å². The maximum absolute atomic E-state index is 5.38. The quantitative estimate of drug-likeness (QED) is 0.603. The summed E-state index contributed by atoms with van der Waals surface area (Å²) in [7, 11) is 0. The molecule has 58 valence electrons. The molecular formula is C8H10N2O. The van der Waals surface area contributed by atoms with Crippen molar-refractivity contribution in [1.82, 2.24) is 4.98 Å². The summed E-state index contributed by atoms with van der Waals surface area (Å²) in [5.74, 6) is 1.73. The predicted octanol–water partition coefficient (Wildman–Crippen LogP) is 1.19. The van der Waals surface area contributed by atoms with Crippen molar-refractivity contribution in [3.8, 4) is 5.75 Å². The van der Waals surface area contributed by atoms with Crippen molar-refractivity contribution in [2.45, 2.75) is 6.92 Å². The number of pyridine rings is 1. The highest BCUT2D eigenvalue weighted by Crippen LogP contribution is 2.24. The van der Waals surface area contributed by atoms with E-state index < -0.39 is 0 Å². The van der Waals surface area contributed by atoms with Crippen molar-refractivity contribution in [2.75, 3.05) is 18.5 Å². The largest absolute Gasteiger partial charge is 0.488 e. The minimum absolute atomic E-state index is 0.734. The minimum atomic E-state index is 0.734. The second-order valence-electron chi connectivity index (χ2n) is 2.63. The van der Waals surface area contributed by atoms with Crippen LogP contribution >= 0.6 is 0 Å². The Balaban J connectivity index is 2.43. The van der Waals surface area contributed by atoms with Gasteiger partial charge < -0.3 is 10.1 Å². The second-order valence-corrected chi connectivity index (χ2v) is 2.63. The molecule has 1 aliphatic heterocycles. The van der Waals surface area contributed by atoms with Gasteiger partial charge in [-0.15, -0.1) is 0 Å². The molecule has 0 spiro atoms. The lowest BCUT2D eigenvalue weighted by Crippen LogP contribution is -2.18. The van der Waals surface area contributed by atoms with Crippen molar-refractivity contribution in [3.05, 3.63) is 17.8 Å². The van der Waals surface area contributed by atoms with Gasteiger partial charge in [0.1, 0.15) is 6.61 Å². The highest BCUT2D eigenvalue weighted by Gasteiger charge is 2.09. The maximum atomic E-state index is 5.38. The first-order valence-corrected chi connectivity index (χ1v) is 3.69. The topological polar surface area (TPSA) is 34.1 Å². The SMILES string of the molecule is Cc1cnc2c(c1)OCCN2. The highest BCUT2D eigenvalue weighted by atomic mass is 16.5. The van der Waals surface area contributed by atoms with Crippen LogP contribution in [0.2, 0.25) is 0 Å². The van der Waals surface area contributed by atoms with E-state index in [1.165, 1.54) is 0 Å². The Morgan fingerprint density at radius 2 is 2.55 bits per heavy atom. The van der Waals surface area contributed by atoms with E-state index in [2.05, 4.69) is 10.3 Å². The monoisotopic (exact) mass is 150 g/mol. The third kappa shape index (κ3) is 1.13. The number of hydrogen-bond acceptors (Lipinski definition) is 3. The normalized spacial score (nSPS) is 14.6. The van der Waals surface area contributed by atoms with Crippen LogP contribution in [0.4, 0.5) is 5.82 Å². The van der Waals surface area contributed by atoms with Gasteiger partial charge >= 0.3 is 0 Å². The lowest BCUT2D eigenvalue weighted by Gasteiger charge is -2.17. The molecule has 0 amide bonds. The first-order valence-electron chi connectivity index (χ1n) is 3.69. The molecule has 0 radical (unpaired) electrons. The van der Waals surface area contributed by atoms with Gasteiger partial charge in [0.2, 0.25) is 0 Å². The van der Waals surface area contributed by atoms with Gasteiger partial charge in [-0.05, 0) is 18.6 Å². The first kappa shape index (κ1) is 6.46. The Hall–Kier alpha value is -1.25. The fourth-order valence-corrected chi connectivity index (χ4v) is 1.12. The Labute approximate surface area is 65.4 Å². The molecule has 11 heavy (non-hydrogen) atoms. The molecule has 1 aromatic heterocycles. The maximum Gasteiger partial charge on any atom is 0.168 e. The summed E-state index contributed by atoms with van der Waals surface area (Å²) < 4.78 is 5.38. The Bertz CT molecular complexity index is 273. The summed E-state index contributed by atoms with van der Waals surface area (Å²) in [6, 6.07) is 1.99. The van der Waals surface area contributed by atoms with E-state index in [1.807, 2.05) is 19.2 Å². The molecule has 0 saturated carbocycles. The van der Waals surface area contributed by atoms with Crippen LogP contribution in [0, 0.1) is 6.92 Å². The standard InChI is InChI=1S/C8H10N2O/c1-6-4-7-8(10-5-6)9-2-3-11-7/h4-5H,2-3H2,1H3,(H,9,10). The smallest absolute Gasteiger partial charge is 0.168 e. The van der Waals surface area contributed by atoms with Crippen LogP contribution in [-0.4, -0.2) is 18.1 Å². The van der Waals surface area contributed by atoms with Gasteiger partial charge in [-0.25, -0.2) is 4.98 Å². The fourth-order valence-electron chi connectivity index (χ4n) is 1.12. The van der Waals surface area contributed by atoms with Crippen molar-refractivity contribution in [3.63, 3.8) is 0 Å². The number of ether oxygens (including phenoxy) is 1. The molecular weight excluding hydrogens is 140 g/mol. The molecule has 0 bridgehead atoms. The van der Waals surface area contributed by atoms with Crippen molar-refractivity contribution >= 4 is 5.82 Å². The van der Waals surface area contributed by atoms with Crippen molar-refractivity contribution < 1.29 is 4.74 Å². The van der Waals surface area contributed by atoms with E-state index in [9.17, 15) is 0 Å². The Morgan fingerprint density at radius 1 is 1.64 bits per heavy atom. The number of hydrogen-bond donors (Lipinski definition) is 1. The van der Waals surface area contributed by atoms with E-state index in [4.69, 9.17) is 4.74 Å². The van der Waals surface area contributed by atoms with Gasteiger partial charge in [-0.1, -0.05) is 0 Å². The summed E-state index contributed by atoms with van der Waals surface area (Å²) in [4.78, 5) is 4.18. The van der Waals surface area contributed by atoms with Gasteiger partial charge in [0.05, 0.1) is 6.54 Å². The molecule has 1 aromatic rings. The van der Waals surface area contributed by atoms with Crippen LogP contribution in [-0.2, 0) is 0 Å². The molecule has 0 unspecified atom stereocenters. The molecule has 2 heterocycles. The zero-order valence-corrected chi connectivity index (χ0v) is 6.42. The molecule has 1 aliphatic rings. The van der Waals surface area contributed by atoms with Crippen LogP contribution in [0.5, 0.6) is 5.75 Å². The predicted molar refractivity (Wildman–Crippen MR) is 43.0 cm³/mol. The van der Waals surface area contributed by atoms with E-state index in [1.54, 1.807) is 0 Å². The lowest BCUT2D eigenvalue weighted by molar-refractivity contribution is 0.321. The average Bonchev–Trinajstić information content (AvgIpc) is 2.04. The fraction of sp³-hybridized carbons (Fsp3) is 0.375. The molecule has 3 nitrogen and oxygen atoms in total. The molecule has 0 saturated heterocycles. The number of nitrogens with one attached hydrogen (secondary N) is 1. The molecule has 0 aromatic carbocycles. The summed E-state index contributed by atoms with van der Waals surface area (Å²) in [6.45, 7) is 3.59. The first-order chi connectivity index (χ1) is 5.36. The number of aromatic nitrogens is 1. The lowest BCUT2D eigenvalue weighted by atomic mass is 10.3. The van der Waals surface area contributed by atoms with E-state index in [0.717, 1.165) is 30.3 Å². The summed E-state index contributed by atoms with van der Waals surface area (Å²) in [6.07, 6.45) is 1.83. The molecule has 1 N–H and O–H groups in total. The number of fused-ring (bicyclic) bond motifs is 1. The Kier molecular flexibility index (Phi) is 1.42. The Morgan fingerprint density at radius 3 is 3.45 bits per heavy atom. The molecule has 0 atom stereocenters. The number of rotatable bonds is 0. The van der Waals surface area contributed by atoms with Crippen molar-refractivity contribution in [1.29, 1.82) is 0 Å². The van der Waals surface area contributed by atoms with Gasteiger partial charge in [0.25, 0.3) is 0 Å². The van der Waals surface area contributed by atoms with Crippen LogP contribution in [0.1, 0.15) is 5.56 Å². The number of anilines is 1. The van der Waals surface area contributed by atoms with Crippen molar-refractivity contribution in [2.24, 2.45) is 0 Å². The molecule has 0 fully saturated rings. The van der Waals surface area contributed by atoms with Crippen LogP contribution in [0.3, 0.4) is 0 Å². The zero-order valence-electron chi connectivity index (χ0n) is 6.42. The minimum Gasteiger partial charge on any atom is -0.488 e. The third-order valence-electron chi connectivity index (χ3n) is 1.64. The average molecular weight is 150 g/mol. The summed E-state index contributed by atoms with van der Waals surface area (Å²) >= 11 is 0. The van der Waals surface area contributed by atoms with E-state index >= 15 is 0 Å². The molecule has 2 rings (SSSR count). The molecule has 0 aliphatic carbocycles. The van der Waals surface area contributed by atoms with Crippen LogP contribution < -0.4 is 10.1 Å². The number of aryl methyl sites for hydroxylation is 1. The molecule has 3 heteroatoms. The van der Waals surface area contributed by atoms with Gasteiger partial charge in [0.15, 0.2) is 11.6 Å². The summed E-state index contributed by atoms with van der Waals surface area (Å²) in [5, 5.41) is 3.15. The van der Waals surface area contributed by atoms with E-state index in [0.29, 0.717) is 0 Å².